The maximum atomic E-state index is 12.7. The summed E-state index contributed by atoms with van der Waals surface area (Å²) in [5.74, 6) is -6.95. The summed E-state index contributed by atoms with van der Waals surface area (Å²) in [4.78, 5) is 48.9. The lowest BCUT2D eigenvalue weighted by Gasteiger charge is -2.27. The molecule has 10 nitrogen and oxygen atoms in total. The molecule has 2 bridgehead atoms. The van der Waals surface area contributed by atoms with Crippen molar-refractivity contribution in [1.82, 2.24) is 5.32 Å². The van der Waals surface area contributed by atoms with E-state index in [-0.39, 0.29) is 6.54 Å². The second-order valence-corrected chi connectivity index (χ2v) is 7.29. The minimum absolute atomic E-state index is 0.0494. The van der Waals surface area contributed by atoms with Crippen LogP contribution in [0.1, 0.15) is 18.4 Å². The molecule has 2 aliphatic heterocycles. The van der Waals surface area contributed by atoms with Gasteiger partial charge in [-0.3, -0.25) is 14.4 Å². The van der Waals surface area contributed by atoms with Crippen LogP contribution in [0, 0.1) is 0 Å². The molecule has 2 saturated heterocycles. The Morgan fingerprint density at radius 3 is 2.48 bits per heavy atom. The van der Waals surface area contributed by atoms with Crippen molar-refractivity contribution in [3.63, 3.8) is 0 Å². The van der Waals surface area contributed by atoms with Gasteiger partial charge in [-0.1, -0.05) is 24.3 Å². The third-order valence-corrected chi connectivity index (χ3v) is 5.11. The third kappa shape index (κ3) is 3.77. The molecule has 4 rings (SSSR count). The molecule has 2 heterocycles. The lowest BCUT2D eigenvalue weighted by molar-refractivity contribution is -0.305. The molecular weight excluding hydrogens is 410 g/mol. The predicted molar refractivity (Wildman–Crippen MR) is 102 cm³/mol. The van der Waals surface area contributed by atoms with Gasteiger partial charge in [-0.15, -0.1) is 0 Å². The van der Waals surface area contributed by atoms with Crippen molar-refractivity contribution in [3.05, 3.63) is 42.0 Å². The van der Waals surface area contributed by atoms with E-state index in [9.17, 15) is 24.3 Å². The second-order valence-electron chi connectivity index (χ2n) is 7.29. The molecule has 0 spiro atoms. The molecule has 0 saturated carbocycles. The summed E-state index contributed by atoms with van der Waals surface area (Å²) in [6, 6.07) is 11.3. The van der Waals surface area contributed by atoms with Crippen molar-refractivity contribution in [2.45, 2.75) is 30.8 Å². The molecule has 1 amide bonds. The summed E-state index contributed by atoms with van der Waals surface area (Å²) in [5, 5.41) is 14.6. The molecule has 2 N–H and O–H groups in total. The Morgan fingerprint density at radius 1 is 1.10 bits per heavy atom. The van der Waals surface area contributed by atoms with E-state index in [2.05, 4.69) is 5.32 Å². The predicted octanol–water partition coefficient (Wildman–Crippen LogP) is 0.329. The number of nitrogens with one attached hydrogen (secondary N) is 1. The molecule has 2 aromatic carbocycles. The minimum Gasteiger partial charge on any atom is -0.497 e. The molecule has 10 heteroatoms. The Kier molecular flexibility index (Phi) is 5.02. The molecule has 162 valence electrons. The van der Waals surface area contributed by atoms with Gasteiger partial charge in [0.1, 0.15) is 5.75 Å². The number of hydrogen-bond donors (Lipinski definition) is 2. The Labute approximate surface area is 176 Å². The number of methoxy groups -OCH3 is 1. The summed E-state index contributed by atoms with van der Waals surface area (Å²) in [6.45, 7) is 0.0494. The van der Waals surface area contributed by atoms with E-state index in [1.807, 2.05) is 36.4 Å². The topological polar surface area (TPSA) is 137 Å². The van der Waals surface area contributed by atoms with Crippen LogP contribution in [-0.2, 0) is 39.8 Å². The number of ether oxygens (including phenoxy) is 4. The van der Waals surface area contributed by atoms with E-state index in [0.717, 1.165) is 16.3 Å². The minimum atomic E-state index is -2.91. The van der Waals surface area contributed by atoms with Gasteiger partial charge in [-0.25, -0.2) is 4.79 Å². The van der Waals surface area contributed by atoms with Crippen molar-refractivity contribution >= 4 is 34.6 Å². The Bertz CT molecular complexity index is 1070. The summed E-state index contributed by atoms with van der Waals surface area (Å²) in [5.41, 5.74) is -1.54. The van der Waals surface area contributed by atoms with E-state index in [4.69, 9.17) is 18.9 Å². The SMILES string of the molecule is COc1ccc2cccc(CCNC(=O)C34OC(=O)CC(O)(CC(=O)O3)C(=O)O4)c2c1. The standard InChI is InChI=1S/C21H19NO9/c1-28-14-6-5-12-3-2-4-13(15(12)9-14)7-8-22-18(25)21-29-16(23)10-20(27,19(26)31-21)11-17(24)30-21/h2-6,9,27H,7-8,10-11H2,1H3,(H,22,25). The van der Waals surface area contributed by atoms with Gasteiger partial charge in [0.2, 0.25) is 0 Å². The fraction of sp³-hybridized carbons (Fsp3) is 0.333. The molecule has 0 aromatic heterocycles. The highest BCUT2D eigenvalue weighted by molar-refractivity contribution is 5.98. The molecule has 0 atom stereocenters. The van der Waals surface area contributed by atoms with Gasteiger partial charge in [-0.05, 0) is 34.9 Å². The van der Waals surface area contributed by atoms with Crippen molar-refractivity contribution in [1.29, 1.82) is 0 Å². The fourth-order valence-corrected chi connectivity index (χ4v) is 3.56. The van der Waals surface area contributed by atoms with Gasteiger partial charge in [0.05, 0.1) is 20.0 Å². The number of hydrogen-bond acceptors (Lipinski definition) is 9. The lowest BCUT2D eigenvalue weighted by atomic mass is 9.96. The van der Waals surface area contributed by atoms with Crippen LogP contribution in [0.3, 0.4) is 0 Å². The lowest BCUT2D eigenvalue weighted by Crippen LogP contribution is -2.54. The second kappa shape index (κ2) is 7.55. The smallest absolute Gasteiger partial charge is 0.497 e. The quantitative estimate of drug-likeness (QED) is 0.644. The summed E-state index contributed by atoms with van der Waals surface area (Å²) < 4.78 is 19.7. The van der Waals surface area contributed by atoms with Gasteiger partial charge in [0.15, 0.2) is 5.60 Å². The van der Waals surface area contributed by atoms with Crippen molar-refractivity contribution < 1.29 is 43.2 Å². The zero-order valence-electron chi connectivity index (χ0n) is 16.5. The van der Waals surface area contributed by atoms with Crippen LogP contribution < -0.4 is 10.1 Å². The molecule has 2 aliphatic rings. The Morgan fingerprint density at radius 2 is 1.81 bits per heavy atom. The molecule has 0 unspecified atom stereocenters. The molecular formula is C21H19NO9. The highest BCUT2D eigenvalue weighted by Gasteiger charge is 2.62. The van der Waals surface area contributed by atoms with E-state index in [1.165, 1.54) is 0 Å². The first-order chi connectivity index (χ1) is 14.7. The van der Waals surface area contributed by atoms with Gasteiger partial charge >= 0.3 is 29.8 Å². The van der Waals surface area contributed by atoms with Gasteiger partial charge < -0.3 is 29.4 Å². The van der Waals surface area contributed by atoms with Gasteiger partial charge in [0, 0.05) is 6.54 Å². The summed E-state index contributed by atoms with van der Waals surface area (Å²) in [6.07, 6.45) is -1.28. The highest BCUT2D eigenvalue weighted by atomic mass is 16.9. The average Bonchev–Trinajstić information content (AvgIpc) is 2.87. The van der Waals surface area contributed by atoms with Crippen LogP contribution in [0.15, 0.2) is 36.4 Å². The van der Waals surface area contributed by atoms with Crippen LogP contribution in [0.2, 0.25) is 0 Å². The largest absolute Gasteiger partial charge is 0.510 e. The number of amides is 1. The Hall–Kier alpha value is -3.66. The zero-order chi connectivity index (χ0) is 22.2. The first-order valence-corrected chi connectivity index (χ1v) is 9.48. The number of carbonyl (C=O) groups is 4. The maximum Gasteiger partial charge on any atom is 0.510 e. The molecule has 2 aromatic rings. The normalized spacial score (nSPS) is 25.2. The number of rotatable bonds is 5. The van der Waals surface area contributed by atoms with Crippen molar-refractivity contribution in [3.8, 4) is 5.75 Å². The third-order valence-electron chi connectivity index (χ3n) is 5.11. The fourth-order valence-electron chi connectivity index (χ4n) is 3.56. The number of benzene rings is 2. The van der Waals surface area contributed by atoms with Gasteiger partial charge in [-0.2, -0.15) is 0 Å². The average molecular weight is 429 g/mol. The van der Waals surface area contributed by atoms with Crippen LogP contribution in [-0.4, -0.2) is 54.2 Å². The van der Waals surface area contributed by atoms with E-state index in [1.54, 1.807) is 7.11 Å². The number of fused-ring (bicyclic) bond motifs is 4. The Balaban J connectivity index is 1.52. The van der Waals surface area contributed by atoms with E-state index >= 15 is 0 Å². The number of carbonyl (C=O) groups excluding carboxylic acids is 4. The summed E-state index contributed by atoms with van der Waals surface area (Å²) in [7, 11) is 1.56. The number of aliphatic hydroxyl groups is 1. The van der Waals surface area contributed by atoms with Crippen LogP contribution >= 0.6 is 0 Å². The number of esters is 3. The molecule has 0 radical (unpaired) electrons. The first kappa shape index (κ1) is 20.6. The van der Waals surface area contributed by atoms with E-state index < -0.39 is 48.2 Å². The van der Waals surface area contributed by atoms with Crippen molar-refractivity contribution in [2.75, 3.05) is 13.7 Å². The maximum absolute atomic E-state index is 12.7. The van der Waals surface area contributed by atoms with Crippen LogP contribution in [0.25, 0.3) is 10.8 Å². The monoisotopic (exact) mass is 429 g/mol. The zero-order valence-corrected chi connectivity index (χ0v) is 16.5. The van der Waals surface area contributed by atoms with E-state index in [0.29, 0.717) is 12.2 Å². The molecule has 31 heavy (non-hydrogen) atoms. The van der Waals surface area contributed by atoms with Crippen LogP contribution in [0.5, 0.6) is 5.75 Å². The van der Waals surface area contributed by atoms with Crippen molar-refractivity contribution in [2.24, 2.45) is 0 Å². The molecule has 2 fully saturated rings. The van der Waals surface area contributed by atoms with Gasteiger partial charge in [0.25, 0.3) is 0 Å². The summed E-state index contributed by atoms with van der Waals surface area (Å²) >= 11 is 0. The van der Waals surface area contributed by atoms with Crippen LogP contribution in [0.4, 0.5) is 0 Å². The molecule has 0 aliphatic carbocycles. The first-order valence-electron chi connectivity index (χ1n) is 9.48. The highest BCUT2D eigenvalue weighted by Crippen LogP contribution is 2.34.